The molecule has 138 valence electrons. The summed E-state index contributed by atoms with van der Waals surface area (Å²) in [5.41, 5.74) is 1.54. The van der Waals surface area contributed by atoms with Gasteiger partial charge in [0.05, 0.1) is 19.8 Å². The molecule has 2 atom stereocenters. The molecule has 2 heterocycles. The predicted molar refractivity (Wildman–Crippen MR) is 97.8 cm³/mol. The summed E-state index contributed by atoms with van der Waals surface area (Å²) in [6.07, 6.45) is 6.63. The Labute approximate surface area is 151 Å². The lowest BCUT2D eigenvalue weighted by atomic mass is 9.73. The van der Waals surface area contributed by atoms with E-state index in [1.165, 1.54) is 31.2 Å². The molecule has 4 nitrogen and oxygen atoms in total. The van der Waals surface area contributed by atoms with Crippen molar-refractivity contribution in [2.75, 3.05) is 40.0 Å². The molecule has 0 bridgehead atoms. The molecule has 1 saturated carbocycles. The first kappa shape index (κ1) is 17.3. The van der Waals surface area contributed by atoms with Gasteiger partial charge in [0, 0.05) is 38.3 Å². The highest BCUT2D eigenvalue weighted by Gasteiger charge is 2.46. The largest absolute Gasteiger partial charge is 0.497 e. The van der Waals surface area contributed by atoms with Gasteiger partial charge >= 0.3 is 0 Å². The Kier molecular flexibility index (Phi) is 5.30. The van der Waals surface area contributed by atoms with E-state index in [2.05, 4.69) is 29.2 Å². The average molecular weight is 345 g/mol. The second kappa shape index (κ2) is 7.65. The Balaban J connectivity index is 1.39. The van der Waals surface area contributed by atoms with E-state index in [1.807, 2.05) is 0 Å². The van der Waals surface area contributed by atoms with Gasteiger partial charge in [-0.3, -0.25) is 4.90 Å². The van der Waals surface area contributed by atoms with Gasteiger partial charge in [-0.1, -0.05) is 12.1 Å². The Morgan fingerprint density at radius 3 is 2.80 bits per heavy atom. The molecule has 2 saturated heterocycles. The van der Waals surface area contributed by atoms with E-state index in [0.717, 1.165) is 57.5 Å². The van der Waals surface area contributed by atoms with Crippen LogP contribution in [-0.4, -0.2) is 51.0 Å². The zero-order valence-electron chi connectivity index (χ0n) is 15.4. The van der Waals surface area contributed by atoms with Crippen LogP contribution in [0.15, 0.2) is 24.3 Å². The molecule has 1 aromatic rings. The fourth-order valence-corrected chi connectivity index (χ4v) is 4.43. The molecule has 4 rings (SSSR count). The number of ether oxygens (including phenoxy) is 3. The number of methoxy groups -OCH3 is 1. The lowest BCUT2D eigenvalue weighted by Gasteiger charge is -2.50. The van der Waals surface area contributed by atoms with Crippen molar-refractivity contribution in [1.82, 2.24) is 4.90 Å². The lowest BCUT2D eigenvalue weighted by Crippen LogP contribution is -2.56. The summed E-state index contributed by atoms with van der Waals surface area (Å²) in [5, 5.41) is 0. The minimum absolute atomic E-state index is 0.192. The molecule has 1 aliphatic carbocycles. The van der Waals surface area contributed by atoms with Crippen molar-refractivity contribution < 1.29 is 14.2 Å². The fourth-order valence-electron chi connectivity index (χ4n) is 4.43. The van der Waals surface area contributed by atoms with Crippen molar-refractivity contribution in [1.29, 1.82) is 0 Å². The molecule has 2 aliphatic heterocycles. The van der Waals surface area contributed by atoms with Gasteiger partial charge in [0.25, 0.3) is 0 Å². The SMILES string of the molecule is COc1ccc(CN2CC[C@H]3OCCC[C@@]3(COCC3CC3)C2)cc1. The molecular weight excluding hydrogens is 314 g/mol. The van der Waals surface area contributed by atoms with Crippen LogP contribution in [-0.2, 0) is 16.0 Å². The van der Waals surface area contributed by atoms with Crippen LogP contribution in [0.1, 0.15) is 37.7 Å². The summed E-state index contributed by atoms with van der Waals surface area (Å²) in [4.78, 5) is 2.59. The molecule has 0 unspecified atom stereocenters. The third kappa shape index (κ3) is 4.18. The zero-order chi connectivity index (χ0) is 17.1. The number of likely N-dealkylation sites (tertiary alicyclic amines) is 1. The monoisotopic (exact) mass is 345 g/mol. The summed E-state index contributed by atoms with van der Waals surface area (Å²) < 4.78 is 17.6. The van der Waals surface area contributed by atoms with Crippen molar-refractivity contribution in [2.24, 2.45) is 11.3 Å². The molecule has 0 spiro atoms. The van der Waals surface area contributed by atoms with E-state index in [-0.39, 0.29) is 5.41 Å². The van der Waals surface area contributed by atoms with Crippen LogP contribution in [0.4, 0.5) is 0 Å². The summed E-state index contributed by atoms with van der Waals surface area (Å²) >= 11 is 0. The second-order valence-corrected chi connectivity index (χ2v) is 8.13. The van der Waals surface area contributed by atoms with E-state index in [0.29, 0.717) is 6.10 Å². The van der Waals surface area contributed by atoms with Gasteiger partial charge < -0.3 is 14.2 Å². The average Bonchev–Trinajstić information content (AvgIpc) is 3.46. The van der Waals surface area contributed by atoms with Crippen LogP contribution in [0.2, 0.25) is 0 Å². The number of piperidine rings is 1. The van der Waals surface area contributed by atoms with E-state index in [1.54, 1.807) is 7.11 Å². The Morgan fingerprint density at radius 2 is 2.04 bits per heavy atom. The van der Waals surface area contributed by atoms with Crippen LogP contribution in [0.5, 0.6) is 5.75 Å². The minimum Gasteiger partial charge on any atom is -0.497 e. The van der Waals surface area contributed by atoms with E-state index >= 15 is 0 Å². The number of benzene rings is 1. The Morgan fingerprint density at radius 1 is 1.20 bits per heavy atom. The van der Waals surface area contributed by atoms with E-state index in [9.17, 15) is 0 Å². The summed E-state index contributed by atoms with van der Waals surface area (Å²) in [6, 6.07) is 8.47. The van der Waals surface area contributed by atoms with Gasteiger partial charge in [0.1, 0.15) is 5.75 Å². The van der Waals surface area contributed by atoms with Gasteiger partial charge in [-0.15, -0.1) is 0 Å². The second-order valence-electron chi connectivity index (χ2n) is 8.13. The van der Waals surface area contributed by atoms with Gasteiger partial charge in [-0.2, -0.15) is 0 Å². The van der Waals surface area contributed by atoms with Gasteiger partial charge in [-0.05, 0) is 55.7 Å². The van der Waals surface area contributed by atoms with Gasteiger partial charge in [0.15, 0.2) is 0 Å². The van der Waals surface area contributed by atoms with Crippen molar-refractivity contribution in [3.05, 3.63) is 29.8 Å². The maximum Gasteiger partial charge on any atom is 0.118 e. The normalized spacial score (nSPS) is 30.0. The highest BCUT2D eigenvalue weighted by Crippen LogP contribution is 2.41. The van der Waals surface area contributed by atoms with Crippen molar-refractivity contribution >= 4 is 0 Å². The lowest BCUT2D eigenvalue weighted by molar-refractivity contribution is -0.154. The van der Waals surface area contributed by atoms with E-state index < -0.39 is 0 Å². The fraction of sp³-hybridized carbons (Fsp3) is 0.714. The Hall–Kier alpha value is -1.10. The quantitative estimate of drug-likeness (QED) is 0.757. The summed E-state index contributed by atoms with van der Waals surface area (Å²) in [6.45, 7) is 5.95. The molecule has 0 radical (unpaired) electrons. The number of hydrogen-bond donors (Lipinski definition) is 0. The van der Waals surface area contributed by atoms with Gasteiger partial charge in [-0.25, -0.2) is 0 Å². The molecule has 3 fully saturated rings. The molecule has 1 aromatic carbocycles. The Bertz CT molecular complexity index is 557. The summed E-state index contributed by atoms with van der Waals surface area (Å²) in [7, 11) is 1.72. The smallest absolute Gasteiger partial charge is 0.118 e. The van der Waals surface area contributed by atoms with Crippen molar-refractivity contribution in [2.45, 2.75) is 44.8 Å². The molecule has 4 heteroatoms. The topological polar surface area (TPSA) is 30.9 Å². The van der Waals surface area contributed by atoms with Crippen molar-refractivity contribution in [3.63, 3.8) is 0 Å². The van der Waals surface area contributed by atoms with Crippen LogP contribution in [0, 0.1) is 11.3 Å². The first-order chi connectivity index (χ1) is 12.3. The zero-order valence-corrected chi connectivity index (χ0v) is 15.4. The standard InChI is InChI=1S/C21H31NO3/c1-23-19-7-5-17(6-8-19)13-22-11-9-20-21(15-22,10-2-12-25-20)16-24-14-18-3-4-18/h5-8,18,20H,2-4,9-16H2,1H3/t20-,21+/m1/s1. The molecule has 0 amide bonds. The minimum atomic E-state index is 0.192. The highest BCUT2D eigenvalue weighted by molar-refractivity contribution is 5.27. The molecule has 0 aromatic heterocycles. The maximum atomic E-state index is 6.16. The molecule has 3 aliphatic rings. The number of rotatable bonds is 7. The van der Waals surface area contributed by atoms with E-state index in [4.69, 9.17) is 14.2 Å². The maximum absolute atomic E-state index is 6.16. The van der Waals surface area contributed by atoms with Crippen LogP contribution in [0.25, 0.3) is 0 Å². The number of nitrogens with zero attached hydrogens (tertiary/aromatic N) is 1. The third-order valence-electron chi connectivity index (χ3n) is 6.07. The first-order valence-corrected chi connectivity index (χ1v) is 9.82. The van der Waals surface area contributed by atoms with Crippen LogP contribution >= 0.6 is 0 Å². The summed E-state index contributed by atoms with van der Waals surface area (Å²) in [5.74, 6) is 1.76. The van der Waals surface area contributed by atoms with Crippen LogP contribution < -0.4 is 4.74 Å². The molecule has 25 heavy (non-hydrogen) atoms. The highest BCUT2D eigenvalue weighted by atomic mass is 16.5. The number of hydrogen-bond acceptors (Lipinski definition) is 4. The first-order valence-electron chi connectivity index (χ1n) is 9.82. The molecule has 0 N–H and O–H groups in total. The van der Waals surface area contributed by atoms with Crippen molar-refractivity contribution in [3.8, 4) is 5.75 Å². The predicted octanol–water partition coefficient (Wildman–Crippen LogP) is 3.49. The third-order valence-corrected chi connectivity index (χ3v) is 6.07. The molecular formula is C21H31NO3. The number of fused-ring (bicyclic) bond motifs is 1. The van der Waals surface area contributed by atoms with Gasteiger partial charge in [0.2, 0.25) is 0 Å². The van der Waals surface area contributed by atoms with Crippen LogP contribution in [0.3, 0.4) is 0 Å².